The lowest BCUT2D eigenvalue weighted by Crippen LogP contribution is -2.28. The van der Waals surface area contributed by atoms with E-state index in [4.69, 9.17) is 4.74 Å². The third-order valence-electron chi connectivity index (χ3n) is 2.74. The van der Waals surface area contributed by atoms with E-state index in [1.54, 1.807) is 12.4 Å². The third-order valence-corrected chi connectivity index (χ3v) is 3.63. The fraction of sp³-hybridized carbons (Fsp3) is 0.200. The van der Waals surface area contributed by atoms with Gasteiger partial charge in [-0.25, -0.2) is 0 Å². The molecule has 0 bridgehead atoms. The Hall–Kier alpha value is -1.88. The molecule has 2 aromatic rings. The van der Waals surface area contributed by atoms with Crippen molar-refractivity contribution in [3.8, 4) is 5.75 Å². The quantitative estimate of drug-likeness (QED) is 0.914. The van der Waals surface area contributed by atoms with Crippen molar-refractivity contribution in [2.45, 2.75) is 13.5 Å². The highest BCUT2D eigenvalue weighted by molar-refractivity contribution is 9.10. The van der Waals surface area contributed by atoms with Gasteiger partial charge in [-0.2, -0.15) is 0 Å². The molecule has 0 fully saturated rings. The predicted molar refractivity (Wildman–Crippen MR) is 80.5 cm³/mol. The maximum atomic E-state index is 11.7. The summed E-state index contributed by atoms with van der Waals surface area (Å²) in [4.78, 5) is 15.6. The van der Waals surface area contributed by atoms with Gasteiger partial charge in [-0.1, -0.05) is 15.9 Å². The number of ether oxygens (including phenoxy) is 1. The highest BCUT2D eigenvalue weighted by atomic mass is 79.9. The van der Waals surface area contributed by atoms with Gasteiger partial charge in [-0.3, -0.25) is 9.78 Å². The number of halogens is 1. The molecule has 5 heteroatoms. The van der Waals surface area contributed by atoms with Crippen LogP contribution >= 0.6 is 15.9 Å². The first-order valence-corrected chi connectivity index (χ1v) is 6.99. The highest BCUT2D eigenvalue weighted by Crippen LogP contribution is 2.21. The minimum absolute atomic E-state index is 0.00611. The Bertz CT molecular complexity index is 588. The van der Waals surface area contributed by atoms with Gasteiger partial charge in [0.05, 0.1) is 0 Å². The van der Waals surface area contributed by atoms with Crippen LogP contribution in [0.5, 0.6) is 5.75 Å². The molecule has 4 nitrogen and oxygen atoms in total. The molecule has 0 aliphatic heterocycles. The third kappa shape index (κ3) is 4.35. The van der Waals surface area contributed by atoms with Gasteiger partial charge in [0.25, 0.3) is 5.91 Å². The number of pyridine rings is 1. The number of carbonyl (C=O) groups is 1. The Morgan fingerprint density at radius 1 is 1.30 bits per heavy atom. The second-order valence-corrected chi connectivity index (χ2v) is 5.19. The molecule has 2 rings (SSSR count). The monoisotopic (exact) mass is 334 g/mol. The van der Waals surface area contributed by atoms with Crippen LogP contribution in [-0.4, -0.2) is 17.5 Å². The van der Waals surface area contributed by atoms with Gasteiger partial charge in [0.2, 0.25) is 0 Å². The summed E-state index contributed by atoms with van der Waals surface area (Å²) < 4.78 is 6.47. The molecule has 0 radical (unpaired) electrons. The first-order valence-electron chi connectivity index (χ1n) is 6.20. The van der Waals surface area contributed by atoms with Crippen LogP contribution in [0.25, 0.3) is 0 Å². The van der Waals surface area contributed by atoms with Crippen LogP contribution in [0.15, 0.2) is 47.2 Å². The van der Waals surface area contributed by atoms with Gasteiger partial charge in [-0.05, 0) is 48.4 Å². The molecule has 0 unspecified atom stereocenters. The summed E-state index contributed by atoms with van der Waals surface area (Å²) in [6.07, 6.45) is 3.39. The van der Waals surface area contributed by atoms with Gasteiger partial charge in [0.1, 0.15) is 5.75 Å². The number of carbonyl (C=O) groups excluding carboxylic acids is 1. The molecule has 0 spiro atoms. The smallest absolute Gasteiger partial charge is 0.258 e. The first-order chi connectivity index (χ1) is 9.65. The van der Waals surface area contributed by atoms with Crippen molar-refractivity contribution in [1.29, 1.82) is 0 Å². The number of nitrogens with zero attached hydrogens (tertiary/aromatic N) is 1. The minimum Gasteiger partial charge on any atom is -0.484 e. The lowest BCUT2D eigenvalue weighted by atomic mass is 10.2. The summed E-state index contributed by atoms with van der Waals surface area (Å²) >= 11 is 3.42. The standard InChI is InChI=1S/C15H15BrN2O2/c1-11-8-13(2-3-14(11)16)20-10-15(19)18-9-12-4-6-17-7-5-12/h2-8H,9-10H2,1H3,(H,18,19). The molecule has 1 aromatic carbocycles. The molecule has 1 N–H and O–H groups in total. The number of hydrogen-bond donors (Lipinski definition) is 1. The van der Waals surface area contributed by atoms with Crippen LogP contribution in [0, 0.1) is 6.92 Å². The Labute approximate surface area is 126 Å². The second-order valence-electron chi connectivity index (χ2n) is 4.33. The lowest BCUT2D eigenvalue weighted by molar-refractivity contribution is -0.123. The van der Waals surface area contributed by atoms with Crippen molar-refractivity contribution in [2.24, 2.45) is 0 Å². The number of benzene rings is 1. The largest absolute Gasteiger partial charge is 0.484 e. The van der Waals surface area contributed by atoms with Crippen molar-refractivity contribution in [3.05, 3.63) is 58.3 Å². The number of aryl methyl sites for hydroxylation is 1. The van der Waals surface area contributed by atoms with Gasteiger partial charge >= 0.3 is 0 Å². The normalized spacial score (nSPS) is 10.1. The van der Waals surface area contributed by atoms with Crippen LogP contribution in [-0.2, 0) is 11.3 Å². The Balaban J connectivity index is 1.79. The predicted octanol–water partition coefficient (Wildman–Crippen LogP) is 2.85. The molecule has 20 heavy (non-hydrogen) atoms. The zero-order chi connectivity index (χ0) is 14.4. The van der Waals surface area contributed by atoms with Crippen molar-refractivity contribution < 1.29 is 9.53 Å². The van der Waals surface area contributed by atoms with Gasteiger partial charge in [0, 0.05) is 23.4 Å². The Morgan fingerprint density at radius 2 is 2.05 bits per heavy atom. The van der Waals surface area contributed by atoms with E-state index in [0.29, 0.717) is 12.3 Å². The fourth-order valence-corrected chi connectivity index (χ4v) is 1.85. The minimum atomic E-state index is -0.151. The fourth-order valence-electron chi connectivity index (χ4n) is 1.61. The maximum Gasteiger partial charge on any atom is 0.258 e. The second kappa shape index (κ2) is 7.05. The molecule has 0 saturated carbocycles. The molecule has 1 aromatic heterocycles. The lowest BCUT2D eigenvalue weighted by Gasteiger charge is -2.08. The SMILES string of the molecule is Cc1cc(OCC(=O)NCc2ccncc2)ccc1Br. The summed E-state index contributed by atoms with van der Waals surface area (Å²) in [7, 11) is 0. The van der Waals surface area contributed by atoms with Crippen LogP contribution in [0.2, 0.25) is 0 Å². The zero-order valence-corrected chi connectivity index (χ0v) is 12.7. The first kappa shape index (κ1) is 14.5. The van der Waals surface area contributed by atoms with E-state index >= 15 is 0 Å². The van der Waals surface area contributed by atoms with Crippen LogP contribution in [0.3, 0.4) is 0 Å². The van der Waals surface area contributed by atoms with Crippen molar-refractivity contribution in [2.75, 3.05) is 6.61 Å². The van der Waals surface area contributed by atoms with Gasteiger partial charge < -0.3 is 10.1 Å². The summed E-state index contributed by atoms with van der Waals surface area (Å²) in [5, 5.41) is 2.79. The molecule has 1 amide bonds. The molecule has 1 heterocycles. The summed E-state index contributed by atoms with van der Waals surface area (Å²) in [6.45, 7) is 2.46. The number of hydrogen-bond acceptors (Lipinski definition) is 3. The number of aromatic nitrogens is 1. The zero-order valence-electron chi connectivity index (χ0n) is 11.1. The highest BCUT2D eigenvalue weighted by Gasteiger charge is 2.04. The van der Waals surface area contributed by atoms with Crippen LogP contribution < -0.4 is 10.1 Å². The van der Waals surface area contributed by atoms with Crippen molar-refractivity contribution in [3.63, 3.8) is 0 Å². The Kier molecular flexibility index (Phi) is 5.12. The topological polar surface area (TPSA) is 51.2 Å². The average Bonchev–Trinajstić information content (AvgIpc) is 2.47. The molecular formula is C15H15BrN2O2. The van der Waals surface area contributed by atoms with E-state index in [2.05, 4.69) is 26.2 Å². The molecule has 104 valence electrons. The van der Waals surface area contributed by atoms with E-state index in [1.165, 1.54) is 0 Å². The molecule has 0 saturated heterocycles. The van der Waals surface area contributed by atoms with E-state index in [1.807, 2.05) is 37.3 Å². The van der Waals surface area contributed by atoms with Gasteiger partial charge in [0.15, 0.2) is 6.61 Å². The summed E-state index contributed by atoms with van der Waals surface area (Å²) in [5.74, 6) is 0.534. The van der Waals surface area contributed by atoms with Crippen molar-refractivity contribution in [1.82, 2.24) is 10.3 Å². The summed E-state index contributed by atoms with van der Waals surface area (Å²) in [6, 6.07) is 9.34. The molecule has 0 aliphatic rings. The molecular weight excluding hydrogens is 320 g/mol. The van der Waals surface area contributed by atoms with E-state index in [9.17, 15) is 4.79 Å². The Morgan fingerprint density at radius 3 is 2.75 bits per heavy atom. The van der Waals surface area contributed by atoms with Gasteiger partial charge in [-0.15, -0.1) is 0 Å². The number of rotatable bonds is 5. The molecule has 0 atom stereocenters. The van der Waals surface area contributed by atoms with E-state index in [0.717, 1.165) is 15.6 Å². The van der Waals surface area contributed by atoms with Crippen molar-refractivity contribution >= 4 is 21.8 Å². The van der Waals surface area contributed by atoms with Crippen LogP contribution in [0.1, 0.15) is 11.1 Å². The maximum absolute atomic E-state index is 11.7. The van der Waals surface area contributed by atoms with E-state index in [-0.39, 0.29) is 12.5 Å². The summed E-state index contributed by atoms with van der Waals surface area (Å²) in [5.41, 5.74) is 2.08. The average molecular weight is 335 g/mol. The van der Waals surface area contributed by atoms with Crippen LogP contribution in [0.4, 0.5) is 0 Å². The number of amides is 1. The molecule has 0 aliphatic carbocycles. The van der Waals surface area contributed by atoms with E-state index < -0.39 is 0 Å². The number of nitrogens with one attached hydrogen (secondary N) is 1.